The Labute approximate surface area is 266 Å². The van der Waals surface area contributed by atoms with Crippen LogP contribution in [-0.4, -0.2) is 96.7 Å². The Balaban J connectivity index is 1.66. The number of ether oxygens (including phenoxy) is 4. The second-order valence-corrected chi connectivity index (χ2v) is 12.0. The van der Waals surface area contributed by atoms with Crippen molar-refractivity contribution >= 4 is 43.4 Å². The molecule has 0 bridgehead atoms. The fraction of sp³-hybridized carbons (Fsp3) is 0.536. The number of rotatable bonds is 19. The first kappa shape index (κ1) is 36.8. The van der Waals surface area contributed by atoms with Crippen LogP contribution < -0.4 is 21.3 Å². The summed E-state index contributed by atoms with van der Waals surface area (Å²) in [5.74, 6) is -2.69. The minimum Gasteiger partial charge on any atom is -0.479 e. The molecule has 6 unspecified atom stereocenters. The van der Waals surface area contributed by atoms with E-state index < -0.39 is 62.5 Å². The quantitative estimate of drug-likeness (QED) is 0.0800. The maximum atomic E-state index is 13.6. The lowest BCUT2D eigenvalue weighted by atomic mass is 10.0. The highest BCUT2D eigenvalue weighted by molar-refractivity contribution is 7.51. The third-order valence-corrected chi connectivity index (χ3v) is 8.79. The number of aromatic nitrogens is 2. The number of aliphatic imine (C=N–C) groups is 1. The molecule has 0 radical (unpaired) electrons. The molecule has 7 N–H and O–H groups in total. The minimum absolute atomic E-state index is 0.0250. The number of nitrogens with two attached hydrogens (primary N) is 2. The van der Waals surface area contributed by atoms with Crippen molar-refractivity contribution in [2.75, 3.05) is 52.1 Å². The summed E-state index contributed by atoms with van der Waals surface area (Å²) in [5, 5.41) is 25.0. The van der Waals surface area contributed by atoms with Crippen molar-refractivity contribution < 1.29 is 52.4 Å². The molecule has 2 aromatic rings. The number of nitrogens with one attached hydrogen (secondary N) is 1. The van der Waals surface area contributed by atoms with Gasteiger partial charge in [0.15, 0.2) is 18.1 Å². The molecule has 3 rings (SSSR count). The van der Waals surface area contributed by atoms with Crippen LogP contribution in [0.3, 0.4) is 0 Å². The Morgan fingerprint density at radius 1 is 1.15 bits per heavy atom. The molecular formula is C28H41N6O11P. The van der Waals surface area contributed by atoms with Crippen molar-refractivity contribution in [2.45, 2.75) is 44.7 Å². The lowest BCUT2D eigenvalue weighted by Crippen LogP contribution is -2.45. The molecule has 46 heavy (non-hydrogen) atoms. The molecule has 17 nitrogen and oxygen atoms in total. The fourth-order valence-electron chi connectivity index (χ4n) is 4.54. The molecule has 1 aromatic heterocycles. The monoisotopic (exact) mass is 668 g/mol. The molecule has 254 valence electrons. The number of esters is 2. The van der Waals surface area contributed by atoms with Crippen LogP contribution in [-0.2, 0) is 44.0 Å². The Hall–Kier alpha value is -3.70. The van der Waals surface area contributed by atoms with Crippen molar-refractivity contribution in [1.29, 1.82) is 0 Å². The number of nitrogen functional groups attached to an aromatic ring is 2. The van der Waals surface area contributed by atoms with E-state index in [-0.39, 0.29) is 49.5 Å². The summed E-state index contributed by atoms with van der Waals surface area (Å²) in [6.07, 6.45) is -1.58. The predicted octanol–water partition coefficient (Wildman–Crippen LogP) is 1.15. The van der Waals surface area contributed by atoms with E-state index in [4.69, 9.17) is 39.5 Å². The van der Waals surface area contributed by atoms with Gasteiger partial charge in [0.25, 0.3) is 0 Å². The normalized spacial score (nSPS) is 21.7. The number of carbonyl (C=O) groups is 2. The predicted molar refractivity (Wildman–Crippen MR) is 165 cm³/mol. The van der Waals surface area contributed by atoms with Gasteiger partial charge in [0, 0.05) is 25.8 Å². The van der Waals surface area contributed by atoms with Gasteiger partial charge in [-0.05, 0) is 18.4 Å². The average Bonchev–Trinajstić information content (AvgIpc) is 3.57. The summed E-state index contributed by atoms with van der Waals surface area (Å²) in [6, 6.07) is 8.91. The van der Waals surface area contributed by atoms with Crippen molar-refractivity contribution in [2.24, 2.45) is 16.8 Å². The molecule has 1 aliphatic rings. The maximum Gasteiger partial charge on any atom is 0.406 e. The van der Waals surface area contributed by atoms with Crippen molar-refractivity contribution in [3.63, 3.8) is 0 Å². The Bertz CT molecular complexity index is 1400. The van der Waals surface area contributed by atoms with Gasteiger partial charge in [-0.15, -0.1) is 0 Å². The first-order valence-corrected chi connectivity index (χ1v) is 15.9. The molecule has 1 saturated carbocycles. The number of nitrogens with zero attached hydrogens (tertiary/aromatic N) is 3. The number of hydrogen-bond donors (Lipinski definition) is 5. The molecular weight excluding hydrogens is 627 g/mol. The van der Waals surface area contributed by atoms with Gasteiger partial charge < -0.3 is 40.6 Å². The maximum absolute atomic E-state index is 13.6. The van der Waals surface area contributed by atoms with Gasteiger partial charge in [-0.3, -0.25) is 18.8 Å². The number of hydrogen-bond acceptors (Lipinski definition) is 16. The fourth-order valence-corrected chi connectivity index (χ4v) is 5.80. The molecule has 0 saturated heterocycles. The summed E-state index contributed by atoms with van der Waals surface area (Å²) >= 11 is 0. The van der Waals surface area contributed by atoms with Crippen LogP contribution in [0.25, 0.3) is 0 Å². The van der Waals surface area contributed by atoms with E-state index in [0.29, 0.717) is 0 Å². The molecule has 6 atom stereocenters. The molecule has 1 aromatic carbocycles. The smallest absolute Gasteiger partial charge is 0.406 e. The van der Waals surface area contributed by atoms with Crippen LogP contribution in [0, 0.1) is 11.8 Å². The summed E-state index contributed by atoms with van der Waals surface area (Å²) < 4.78 is 44.9. The number of aliphatic hydroxyl groups is 2. The van der Waals surface area contributed by atoms with Gasteiger partial charge in [-0.1, -0.05) is 37.3 Å². The molecule has 0 amide bonds. The van der Waals surface area contributed by atoms with E-state index in [9.17, 15) is 24.4 Å². The van der Waals surface area contributed by atoms with Crippen molar-refractivity contribution in [1.82, 2.24) is 15.1 Å². The first-order chi connectivity index (χ1) is 21.9. The van der Waals surface area contributed by atoms with E-state index in [1.807, 2.05) is 6.07 Å². The summed E-state index contributed by atoms with van der Waals surface area (Å²) in [4.78, 5) is 36.1. The van der Waals surface area contributed by atoms with Gasteiger partial charge in [0.2, 0.25) is 11.8 Å². The summed E-state index contributed by atoms with van der Waals surface area (Å²) in [5.41, 5.74) is 10.6. The number of carbonyl (C=O) groups excluding carboxylic acids is 2. The zero-order valence-electron chi connectivity index (χ0n) is 26.0. The highest BCUT2D eigenvalue weighted by Crippen LogP contribution is 2.53. The largest absolute Gasteiger partial charge is 0.479 e. The van der Waals surface area contributed by atoms with Crippen LogP contribution in [0.2, 0.25) is 0 Å². The Morgan fingerprint density at radius 2 is 1.87 bits per heavy atom. The highest BCUT2D eigenvalue weighted by atomic mass is 31.2. The SMILES string of the molecule is CCOC(=O)CCNP(=O)(OCC(=O)OCc1ccccc1)OCC(OC)C(O)C1(O)C(C)C1C=Nc1c(N)nc(N)nc1OC. The highest BCUT2D eigenvalue weighted by Gasteiger charge is 2.66. The van der Waals surface area contributed by atoms with E-state index in [2.05, 4.69) is 20.0 Å². The minimum atomic E-state index is -4.29. The van der Waals surface area contributed by atoms with Gasteiger partial charge in [-0.25, -0.2) is 14.4 Å². The van der Waals surface area contributed by atoms with Crippen LogP contribution in [0.4, 0.5) is 17.5 Å². The number of benzene rings is 1. The standard InChI is InChI=1S/C28H41N6O11P/c1-5-42-21(35)11-12-32-46(39,45-16-22(36)43-14-18-9-7-6-8-10-18)44-15-20(40-3)24(37)28(38)17(2)19(28)13-31-23-25(29)33-27(30)34-26(23)41-4/h6-10,13,17,19-20,24,37-38H,5,11-12,14-16H2,1-4H3,(H,32,39)(H4,29,30,33,34). The molecule has 1 aliphatic carbocycles. The van der Waals surface area contributed by atoms with E-state index in [0.717, 1.165) is 5.56 Å². The van der Waals surface area contributed by atoms with Gasteiger partial charge in [0.1, 0.15) is 24.4 Å². The second-order valence-electron chi connectivity index (χ2n) is 10.2. The average molecular weight is 669 g/mol. The Kier molecular flexibility index (Phi) is 13.4. The van der Waals surface area contributed by atoms with Gasteiger partial charge >= 0.3 is 19.7 Å². The van der Waals surface area contributed by atoms with E-state index in [1.54, 1.807) is 38.1 Å². The van der Waals surface area contributed by atoms with E-state index >= 15 is 0 Å². The molecule has 0 spiro atoms. The second kappa shape index (κ2) is 16.7. The zero-order chi connectivity index (χ0) is 33.9. The van der Waals surface area contributed by atoms with Crippen molar-refractivity contribution in [3.8, 4) is 5.88 Å². The number of anilines is 2. The summed E-state index contributed by atoms with van der Waals surface area (Å²) in [6.45, 7) is 1.96. The lowest BCUT2D eigenvalue weighted by molar-refractivity contribution is -0.148. The number of aliphatic hydroxyl groups excluding tert-OH is 1. The van der Waals surface area contributed by atoms with E-state index in [1.165, 1.54) is 20.4 Å². The molecule has 1 fully saturated rings. The molecule has 1 heterocycles. The lowest BCUT2D eigenvalue weighted by Gasteiger charge is -2.28. The van der Waals surface area contributed by atoms with Gasteiger partial charge in [0.05, 0.1) is 26.7 Å². The molecule has 18 heteroatoms. The van der Waals surface area contributed by atoms with Crippen molar-refractivity contribution in [3.05, 3.63) is 35.9 Å². The Morgan fingerprint density at radius 3 is 2.52 bits per heavy atom. The van der Waals surface area contributed by atoms with Gasteiger partial charge in [-0.2, -0.15) is 9.97 Å². The number of methoxy groups -OCH3 is 2. The van der Waals surface area contributed by atoms with Crippen LogP contribution in [0.5, 0.6) is 5.88 Å². The summed E-state index contributed by atoms with van der Waals surface area (Å²) in [7, 11) is -1.68. The van der Waals surface area contributed by atoms with Crippen LogP contribution >= 0.6 is 7.75 Å². The third-order valence-electron chi connectivity index (χ3n) is 7.22. The zero-order valence-corrected chi connectivity index (χ0v) is 26.9. The third kappa shape index (κ3) is 9.65. The van der Waals surface area contributed by atoms with Crippen LogP contribution in [0.15, 0.2) is 35.3 Å². The van der Waals surface area contributed by atoms with Crippen LogP contribution in [0.1, 0.15) is 25.8 Å². The first-order valence-electron chi connectivity index (χ1n) is 14.3. The molecule has 0 aliphatic heterocycles. The topological polar surface area (TPSA) is 249 Å².